The molecule has 0 amide bonds. The average molecular weight is 200 g/mol. The summed E-state index contributed by atoms with van der Waals surface area (Å²) in [5.74, 6) is 3.46. The van der Waals surface area contributed by atoms with E-state index in [1.807, 2.05) is 31.2 Å². The number of rotatable bonds is 5. The maximum atomic E-state index is 5.55. The van der Waals surface area contributed by atoms with E-state index >= 15 is 0 Å². The van der Waals surface area contributed by atoms with Crippen LogP contribution in [0.4, 0.5) is 0 Å². The van der Waals surface area contributed by atoms with Crippen LogP contribution in [0.3, 0.4) is 0 Å². The van der Waals surface area contributed by atoms with E-state index in [0.717, 1.165) is 30.8 Å². The van der Waals surface area contributed by atoms with E-state index in [2.05, 4.69) is 18.1 Å². The van der Waals surface area contributed by atoms with Gasteiger partial charge in [-0.25, -0.2) is 0 Å². The molecule has 0 aliphatic rings. The fourth-order valence-electron chi connectivity index (χ4n) is 1.21. The summed E-state index contributed by atoms with van der Waals surface area (Å²) in [5, 5.41) is 0. The van der Waals surface area contributed by atoms with Crippen LogP contribution in [0.5, 0.6) is 5.75 Å². The third-order valence-electron chi connectivity index (χ3n) is 2.04. The summed E-state index contributed by atoms with van der Waals surface area (Å²) in [5.41, 5.74) is 0.885. The van der Waals surface area contributed by atoms with Gasteiger partial charge < -0.3 is 4.74 Å². The lowest BCUT2D eigenvalue weighted by Crippen LogP contribution is -1.96. The van der Waals surface area contributed by atoms with Crippen molar-refractivity contribution in [3.63, 3.8) is 0 Å². The molecule has 0 fully saturated rings. The van der Waals surface area contributed by atoms with Gasteiger partial charge in [-0.3, -0.25) is 0 Å². The summed E-state index contributed by atoms with van der Waals surface area (Å²) in [6.45, 7) is 2.78. The van der Waals surface area contributed by atoms with Crippen LogP contribution >= 0.6 is 0 Å². The lowest BCUT2D eigenvalue weighted by Gasteiger charge is -2.04. The summed E-state index contributed by atoms with van der Waals surface area (Å²) in [7, 11) is 0. The molecule has 0 bridgehead atoms. The molecule has 1 rings (SSSR count). The lowest BCUT2D eigenvalue weighted by molar-refractivity contribution is 0.312. The van der Waals surface area contributed by atoms with Gasteiger partial charge in [0.05, 0.1) is 6.61 Å². The molecule has 78 valence electrons. The van der Waals surface area contributed by atoms with Gasteiger partial charge in [0.2, 0.25) is 0 Å². The Morgan fingerprint density at radius 2 is 2.07 bits per heavy atom. The van der Waals surface area contributed by atoms with Crippen LogP contribution in [-0.4, -0.2) is 6.61 Å². The van der Waals surface area contributed by atoms with Crippen molar-refractivity contribution in [1.82, 2.24) is 0 Å². The van der Waals surface area contributed by atoms with Crippen LogP contribution in [0.1, 0.15) is 25.3 Å². The van der Waals surface area contributed by atoms with E-state index in [4.69, 9.17) is 11.2 Å². The zero-order valence-corrected chi connectivity index (χ0v) is 9.07. The molecule has 1 heteroatoms. The van der Waals surface area contributed by atoms with Crippen LogP contribution in [0.25, 0.3) is 0 Å². The SMILES string of the molecule is C#Cc1ccc(OCCC/C=C\C)cc1. The maximum absolute atomic E-state index is 5.55. The van der Waals surface area contributed by atoms with Crippen molar-refractivity contribution in [2.24, 2.45) is 0 Å². The first-order chi connectivity index (χ1) is 7.36. The normalized spacial score (nSPS) is 10.1. The maximum Gasteiger partial charge on any atom is 0.119 e. The fourth-order valence-corrected chi connectivity index (χ4v) is 1.21. The molecule has 1 nitrogen and oxygen atoms in total. The summed E-state index contributed by atoms with van der Waals surface area (Å²) in [6, 6.07) is 7.60. The van der Waals surface area contributed by atoms with E-state index in [0.29, 0.717) is 0 Å². The van der Waals surface area contributed by atoms with E-state index in [-0.39, 0.29) is 0 Å². The smallest absolute Gasteiger partial charge is 0.119 e. The first kappa shape index (κ1) is 11.4. The number of unbranched alkanes of at least 4 members (excludes halogenated alkanes) is 1. The second kappa shape index (κ2) is 6.73. The highest BCUT2D eigenvalue weighted by Gasteiger charge is 1.92. The number of benzene rings is 1. The fraction of sp³-hybridized carbons (Fsp3) is 0.286. The van der Waals surface area contributed by atoms with Crippen molar-refractivity contribution in [3.8, 4) is 18.1 Å². The zero-order valence-electron chi connectivity index (χ0n) is 9.07. The first-order valence-corrected chi connectivity index (χ1v) is 5.17. The molecular formula is C14H16O. The number of terminal acetylenes is 1. The van der Waals surface area contributed by atoms with Crippen molar-refractivity contribution in [1.29, 1.82) is 0 Å². The van der Waals surface area contributed by atoms with Gasteiger partial charge in [-0.05, 0) is 44.0 Å². The molecule has 0 N–H and O–H groups in total. The Kier molecular flexibility index (Phi) is 5.11. The Morgan fingerprint density at radius 1 is 1.33 bits per heavy atom. The Balaban J connectivity index is 2.29. The minimum atomic E-state index is 0.750. The molecule has 0 saturated heterocycles. The van der Waals surface area contributed by atoms with Crippen LogP contribution in [0.2, 0.25) is 0 Å². The molecule has 0 spiro atoms. The third kappa shape index (κ3) is 4.37. The lowest BCUT2D eigenvalue weighted by atomic mass is 10.2. The number of hydrogen-bond donors (Lipinski definition) is 0. The van der Waals surface area contributed by atoms with Crippen molar-refractivity contribution < 1.29 is 4.74 Å². The predicted octanol–water partition coefficient (Wildman–Crippen LogP) is 3.40. The van der Waals surface area contributed by atoms with Crippen molar-refractivity contribution >= 4 is 0 Å². The van der Waals surface area contributed by atoms with Crippen molar-refractivity contribution in [2.45, 2.75) is 19.8 Å². The van der Waals surface area contributed by atoms with E-state index in [1.54, 1.807) is 0 Å². The average Bonchev–Trinajstić information content (AvgIpc) is 2.30. The largest absolute Gasteiger partial charge is 0.494 e. The molecule has 0 atom stereocenters. The summed E-state index contributed by atoms with van der Waals surface area (Å²) in [6.07, 6.45) is 11.6. The Morgan fingerprint density at radius 3 is 2.67 bits per heavy atom. The minimum Gasteiger partial charge on any atom is -0.494 e. The van der Waals surface area contributed by atoms with Crippen LogP contribution in [0, 0.1) is 12.3 Å². The summed E-state index contributed by atoms with van der Waals surface area (Å²) >= 11 is 0. The summed E-state index contributed by atoms with van der Waals surface area (Å²) < 4.78 is 5.55. The Labute approximate surface area is 91.8 Å². The molecule has 0 heterocycles. The standard InChI is InChI=1S/C14H16O/c1-3-5-6-7-12-15-14-10-8-13(4-2)9-11-14/h2-3,5,8-11H,6-7,12H2,1H3/b5-3-. The van der Waals surface area contributed by atoms with Gasteiger partial charge in [0.25, 0.3) is 0 Å². The van der Waals surface area contributed by atoms with Gasteiger partial charge in [0, 0.05) is 5.56 Å². The molecule has 0 saturated carbocycles. The van der Waals surface area contributed by atoms with Crippen molar-refractivity contribution in [2.75, 3.05) is 6.61 Å². The monoisotopic (exact) mass is 200 g/mol. The summed E-state index contributed by atoms with van der Waals surface area (Å²) in [4.78, 5) is 0. The van der Waals surface area contributed by atoms with Gasteiger partial charge in [-0.15, -0.1) is 6.42 Å². The van der Waals surface area contributed by atoms with Gasteiger partial charge >= 0.3 is 0 Å². The van der Waals surface area contributed by atoms with Gasteiger partial charge in [0.1, 0.15) is 5.75 Å². The second-order valence-corrected chi connectivity index (χ2v) is 3.23. The van der Waals surface area contributed by atoms with E-state index in [9.17, 15) is 0 Å². The molecule has 0 radical (unpaired) electrons. The Bertz CT molecular complexity index is 341. The highest BCUT2D eigenvalue weighted by molar-refractivity contribution is 5.36. The van der Waals surface area contributed by atoms with Gasteiger partial charge in [-0.1, -0.05) is 18.1 Å². The molecule has 0 aliphatic heterocycles. The molecule has 1 aromatic carbocycles. The second-order valence-electron chi connectivity index (χ2n) is 3.23. The van der Waals surface area contributed by atoms with Crippen molar-refractivity contribution in [3.05, 3.63) is 42.0 Å². The quantitative estimate of drug-likeness (QED) is 0.402. The minimum absolute atomic E-state index is 0.750. The van der Waals surface area contributed by atoms with E-state index in [1.165, 1.54) is 0 Å². The number of allylic oxidation sites excluding steroid dienone is 2. The van der Waals surface area contributed by atoms with E-state index < -0.39 is 0 Å². The van der Waals surface area contributed by atoms with Crippen LogP contribution in [0.15, 0.2) is 36.4 Å². The van der Waals surface area contributed by atoms with Gasteiger partial charge in [0.15, 0.2) is 0 Å². The molecule has 0 unspecified atom stereocenters. The molecule has 15 heavy (non-hydrogen) atoms. The number of hydrogen-bond acceptors (Lipinski definition) is 1. The van der Waals surface area contributed by atoms with Gasteiger partial charge in [-0.2, -0.15) is 0 Å². The first-order valence-electron chi connectivity index (χ1n) is 5.17. The topological polar surface area (TPSA) is 9.23 Å². The molecule has 0 aromatic heterocycles. The zero-order chi connectivity index (χ0) is 10.9. The predicted molar refractivity (Wildman–Crippen MR) is 63.9 cm³/mol. The molecular weight excluding hydrogens is 184 g/mol. The van der Waals surface area contributed by atoms with Crippen LogP contribution in [-0.2, 0) is 0 Å². The third-order valence-corrected chi connectivity index (χ3v) is 2.04. The molecule has 0 aliphatic carbocycles. The highest BCUT2D eigenvalue weighted by atomic mass is 16.5. The van der Waals surface area contributed by atoms with Crippen LogP contribution < -0.4 is 4.74 Å². The highest BCUT2D eigenvalue weighted by Crippen LogP contribution is 2.11. The number of ether oxygens (including phenoxy) is 1. The Hall–Kier alpha value is -1.68. The molecule has 1 aromatic rings.